The van der Waals surface area contributed by atoms with E-state index in [9.17, 15) is 12.8 Å². The summed E-state index contributed by atoms with van der Waals surface area (Å²) in [5, 5.41) is 0.192. The molecule has 0 aliphatic rings. The number of hydrogen-bond donors (Lipinski definition) is 1. The molecule has 0 spiro atoms. The van der Waals surface area contributed by atoms with Gasteiger partial charge in [-0.15, -0.1) is 0 Å². The lowest BCUT2D eigenvalue weighted by Gasteiger charge is -2.07. The van der Waals surface area contributed by atoms with E-state index in [4.69, 9.17) is 11.6 Å². The minimum atomic E-state index is -3.78. The third kappa shape index (κ3) is 2.93. The number of anilines is 1. The molecule has 5 nitrogen and oxygen atoms in total. The lowest BCUT2D eigenvalue weighted by Crippen LogP contribution is -2.13. The van der Waals surface area contributed by atoms with Gasteiger partial charge in [0.15, 0.2) is 0 Å². The average molecular weight is 288 g/mol. The van der Waals surface area contributed by atoms with Crippen molar-refractivity contribution < 1.29 is 12.8 Å². The predicted molar refractivity (Wildman–Crippen MR) is 64.3 cm³/mol. The van der Waals surface area contributed by atoms with Crippen molar-refractivity contribution in [3.63, 3.8) is 0 Å². The van der Waals surface area contributed by atoms with Crippen molar-refractivity contribution in [2.24, 2.45) is 0 Å². The molecule has 0 aromatic carbocycles. The van der Waals surface area contributed by atoms with E-state index in [2.05, 4.69) is 14.7 Å². The molecular formula is C10H7ClFN3O2S. The molecule has 0 unspecified atom stereocenters. The molecule has 0 aliphatic heterocycles. The maximum Gasteiger partial charge on any atom is 0.263 e. The van der Waals surface area contributed by atoms with Gasteiger partial charge < -0.3 is 0 Å². The standard InChI is InChI=1S/C10H7ClFN3O2S/c11-9-3-2-8(6-13-9)18(16,17)15-7-1-4-10(12)14-5-7/h1-6,15H. The Morgan fingerprint density at radius 1 is 1.11 bits per heavy atom. The van der Waals surface area contributed by atoms with E-state index in [0.29, 0.717) is 0 Å². The highest BCUT2D eigenvalue weighted by atomic mass is 35.5. The van der Waals surface area contributed by atoms with Crippen LogP contribution in [-0.2, 0) is 10.0 Å². The highest BCUT2D eigenvalue weighted by Gasteiger charge is 2.14. The van der Waals surface area contributed by atoms with Crippen LogP contribution in [0.15, 0.2) is 41.6 Å². The van der Waals surface area contributed by atoms with E-state index in [1.54, 1.807) is 0 Å². The van der Waals surface area contributed by atoms with Crippen molar-refractivity contribution >= 4 is 27.3 Å². The van der Waals surface area contributed by atoms with E-state index in [1.165, 1.54) is 18.2 Å². The topological polar surface area (TPSA) is 72.0 Å². The van der Waals surface area contributed by atoms with Crippen molar-refractivity contribution in [1.29, 1.82) is 0 Å². The molecule has 0 bridgehead atoms. The van der Waals surface area contributed by atoms with E-state index in [1.807, 2.05) is 0 Å². The van der Waals surface area contributed by atoms with E-state index in [0.717, 1.165) is 18.5 Å². The number of pyridine rings is 2. The van der Waals surface area contributed by atoms with Gasteiger partial charge in [0.2, 0.25) is 5.95 Å². The average Bonchev–Trinajstić information content (AvgIpc) is 2.32. The van der Waals surface area contributed by atoms with Crippen molar-refractivity contribution in [3.05, 3.63) is 47.8 Å². The van der Waals surface area contributed by atoms with Crippen LogP contribution in [-0.4, -0.2) is 18.4 Å². The molecule has 2 rings (SSSR count). The Labute approximate surface area is 108 Å². The molecule has 0 radical (unpaired) electrons. The van der Waals surface area contributed by atoms with Crippen LogP contribution < -0.4 is 4.72 Å². The zero-order valence-corrected chi connectivity index (χ0v) is 10.4. The fourth-order valence-electron chi connectivity index (χ4n) is 1.17. The van der Waals surface area contributed by atoms with Crippen molar-refractivity contribution in [2.45, 2.75) is 4.90 Å². The van der Waals surface area contributed by atoms with Crippen LogP contribution in [0.4, 0.5) is 10.1 Å². The van der Waals surface area contributed by atoms with Gasteiger partial charge in [0.1, 0.15) is 10.0 Å². The summed E-state index contributed by atoms with van der Waals surface area (Å²) in [4.78, 5) is 6.97. The van der Waals surface area contributed by atoms with Crippen LogP contribution in [0.5, 0.6) is 0 Å². The first kappa shape index (κ1) is 12.7. The minimum Gasteiger partial charge on any atom is -0.278 e. The Bertz CT molecular complexity index is 644. The molecule has 2 aromatic rings. The first-order chi connectivity index (χ1) is 8.47. The molecule has 0 amide bonds. The zero-order valence-electron chi connectivity index (χ0n) is 8.84. The first-order valence-electron chi connectivity index (χ1n) is 4.73. The SMILES string of the molecule is O=S(=O)(Nc1ccc(F)nc1)c1ccc(Cl)nc1. The molecule has 0 atom stereocenters. The summed E-state index contributed by atoms with van der Waals surface area (Å²) in [7, 11) is -3.78. The summed E-state index contributed by atoms with van der Waals surface area (Å²) in [6.07, 6.45) is 2.21. The van der Waals surface area contributed by atoms with Gasteiger partial charge in [-0.05, 0) is 24.3 Å². The monoisotopic (exact) mass is 287 g/mol. The molecule has 0 saturated carbocycles. The summed E-state index contributed by atoms with van der Waals surface area (Å²) in [6, 6.07) is 4.99. The maximum atomic E-state index is 12.6. The summed E-state index contributed by atoms with van der Waals surface area (Å²) >= 11 is 5.56. The van der Waals surface area contributed by atoms with Crippen LogP contribution in [0.25, 0.3) is 0 Å². The molecule has 94 valence electrons. The van der Waals surface area contributed by atoms with Crippen LogP contribution in [0.1, 0.15) is 0 Å². The minimum absolute atomic E-state index is 0.0452. The fourth-order valence-corrected chi connectivity index (χ4v) is 2.27. The third-order valence-electron chi connectivity index (χ3n) is 1.99. The number of rotatable bonds is 3. The molecule has 1 N–H and O–H groups in total. The third-order valence-corrected chi connectivity index (χ3v) is 3.58. The quantitative estimate of drug-likeness (QED) is 0.877. The van der Waals surface area contributed by atoms with Crippen LogP contribution in [0, 0.1) is 5.95 Å². The van der Waals surface area contributed by atoms with Gasteiger partial charge in [-0.3, -0.25) is 4.72 Å². The van der Waals surface area contributed by atoms with Crippen molar-refractivity contribution in [1.82, 2.24) is 9.97 Å². The molecule has 2 heterocycles. The summed E-state index contributed by atoms with van der Waals surface area (Å²) in [5.41, 5.74) is 0.159. The van der Waals surface area contributed by atoms with E-state index < -0.39 is 16.0 Å². The largest absolute Gasteiger partial charge is 0.278 e. The lowest BCUT2D eigenvalue weighted by molar-refractivity contribution is 0.583. The first-order valence-corrected chi connectivity index (χ1v) is 6.59. The van der Waals surface area contributed by atoms with Gasteiger partial charge in [0.25, 0.3) is 10.0 Å². The van der Waals surface area contributed by atoms with Gasteiger partial charge in [-0.25, -0.2) is 18.4 Å². The molecule has 0 aliphatic carbocycles. The molecule has 8 heteroatoms. The normalized spacial score (nSPS) is 11.2. The molecule has 0 fully saturated rings. The second-order valence-corrected chi connectivity index (χ2v) is 5.36. The highest BCUT2D eigenvalue weighted by Crippen LogP contribution is 2.15. The van der Waals surface area contributed by atoms with E-state index in [-0.39, 0.29) is 15.7 Å². The Morgan fingerprint density at radius 2 is 1.89 bits per heavy atom. The molecule has 2 aromatic heterocycles. The Morgan fingerprint density at radius 3 is 2.44 bits per heavy atom. The van der Waals surface area contributed by atoms with Crippen molar-refractivity contribution in [2.75, 3.05) is 4.72 Å². The summed E-state index contributed by atoms with van der Waals surface area (Å²) in [5.74, 6) is -0.689. The predicted octanol–water partition coefficient (Wildman–Crippen LogP) is 2.07. The second-order valence-electron chi connectivity index (χ2n) is 3.29. The number of aromatic nitrogens is 2. The van der Waals surface area contributed by atoms with Crippen LogP contribution in [0.3, 0.4) is 0 Å². The van der Waals surface area contributed by atoms with E-state index >= 15 is 0 Å². The number of sulfonamides is 1. The van der Waals surface area contributed by atoms with Gasteiger partial charge in [-0.2, -0.15) is 4.39 Å². The number of nitrogens with zero attached hydrogens (tertiary/aromatic N) is 2. The highest BCUT2D eigenvalue weighted by molar-refractivity contribution is 7.92. The van der Waals surface area contributed by atoms with Crippen LogP contribution >= 0.6 is 11.6 Å². The van der Waals surface area contributed by atoms with Gasteiger partial charge >= 0.3 is 0 Å². The number of halogens is 2. The number of hydrogen-bond acceptors (Lipinski definition) is 4. The lowest BCUT2D eigenvalue weighted by atomic mass is 10.4. The Hall–Kier alpha value is -1.73. The molecule has 0 saturated heterocycles. The Balaban J connectivity index is 2.27. The zero-order chi connectivity index (χ0) is 13.2. The summed E-state index contributed by atoms with van der Waals surface area (Å²) in [6.45, 7) is 0. The van der Waals surface area contributed by atoms with Gasteiger partial charge in [0.05, 0.1) is 11.9 Å². The molecular weight excluding hydrogens is 281 g/mol. The van der Waals surface area contributed by atoms with Gasteiger partial charge in [0, 0.05) is 6.20 Å². The van der Waals surface area contributed by atoms with Crippen LogP contribution in [0.2, 0.25) is 5.15 Å². The molecule has 18 heavy (non-hydrogen) atoms. The summed E-state index contributed by atoms with van der Waals surface area (Å²) < 4.78 is 38.6. The van der Waals surface area contributed by atoms with Gasteiger partial charge in [-0.1, -0.05) is 11.6 Å². The Kier molecular flexibility index (Phi) is 3.44. The number of nitrogens with one attached hydrogen (secondary N) is 1. The maximum absolute atomic E-state index is 12.6. The van der Waals surface area contributed by atoms with Crippen molar-refractivity contribution in [3.8, 4) is 0 Å². The second kappa shape index (κ2) is 4.87. The smallest absolute Gasteiger partial charge is 0.263 e. The fraction of sp³-hybridized carbons (Fsp3) is 0.